The van der Waals surface area contributed by atoms with Crippen molar-refractivity contribution in [2.24, 2.45) is 0 Å². The number of thiophene rings is 1. The smallest absolute Gasteiger partial charge is 0.335 e. The summed E-state index contributed by atoms with van der Waals surface area (Å²) in [5, 5.41) is 20.5. The van der Waals surface area contributed by atoms with Crippen molar-refractivity contribution in [2.75, 3.05) is 0 Å². The van der Waals surface area contributed by atoms with Gasteiger partial charge in [-0.25, -0.2) is 9.48 Å². The molecule has 0 radical (unpaired) electrons. The molecule has 102 valence electrons. The SMILES string of the molecule is O=C(O)c1ccc2nnn(-c3ccc4sccc4c3)c2c1. The number of benzene rings is 2. The summed E-state index contributed by atoms with van der Waals surface area (Å²) in [6.45, 7) is 0. The summed E-state index contributed by atoms with van der Waals surface area (Å²) >= 11 is 1.68. The van der Waals surface area contributed by atoms with Crippen LogP contribution in [0.5, 0.6) is 0 Å². The van der Waals surface area contributed by atoms with Gasteiger partial charge in [-0.3, -0.25) is 0 Å². The lowest BCUT2D eigenvalue weighted by atomic mass is 10.2. The average molecular weight is 295 g/mol. The van der Waals surface area contributed by atoms with E-state index < -0.39 is 5.97 Å². The Bertz CT molecular complexity index is 987. The standard InChI is InChI=1S/C15H9N3O2S/c19-15(20)10-1-3-12-13(8-10)18(17-16-12)11-2-4-14-9(7-11)5-6-21-14/h1-8H,(H,19,20). The van der Waals surface area contributed by atoms with Crippen LogP contribution >= 0.6 is 11.3 Å². The zero-order valence-electron chi connectivity index (χ0n) is 10.7. The van der Waals surface area contributed by atoms with Crippen molar-refractivity contribution in [1.29, 1.82) is 0 Å². The Morgan fingerprint density at radius 1 is 1.14 bits per heavy atom. The molecule has 0 aliphatic carbocycles. The van der Waals surface area contributed by atoms with Crippen molar-refractivity contribution in [2.45, 2.75) is 0 Å². The fourth-order valence-electron chi connectivity index (χ4n) is 2.33. The molecule has 0 atom stereocenters. The first-order valence-electron chi connectivity index (χ1n) is 6.29. The van der Waals surface area contributed by atoms with Crippen LogP contribution in [0, 0.1) is 0 Å². The fourth-order valence-corrected chi connectivity index (χ4v) is 3.10. The maximum atomic E-state index is 11.1. The number of carboxylic acids is 1. The number of aromatic nitrogens is 3. The predicted molar refractivity (Wildman–Crippen MR) is 81.2 cm³/mol. The van der Waals surface area contributed by atoms with E-state index in [4.69, 9.17) is 5.11 Å². The summed E-state index contributed by atoms with van der Waals surface area (Å²) in [4.78, 5) is 11.1. The Morgan fingerprint density at radius 3 is 2.90 bits per heavy atom. The first-order chi connectivity index (χ1) is 10.2. The minimum Gasteiger partial charge on any atom is -0.478 e. The van der Waals surface area contributed by atoms with Gasteiger partial charge in [-0.15, -0.1) is 16.4 Å². The van der Waals surface area contributed by atoms with Crippen LogP contribution in [-0.4, -0.2) is 26.1 Å². The van der Waals surface area contributed by atoms with Crippen LogP contribution in [0.15, 0.2) is 47.8 Å². The second kappa shape index (κ2) is 4.39. The number of nitrogens with zero attached hydrogens (tertiary/aromatic N) is 3. The summed E-state index contributed by atoms with van der Waals surface area (Å²) in [5.41, 5.74) is 2.45. The molecule has 0 unspecified atom stereocenters. The monoisotopic (exact) mass is 295 g/mol. The van der Waals surface area contributed by atoms with E-state index in [1.165, 1.54) is 10.8 Å². The lowest BCUT2D eigenvalue weighted by Crippen LogP contribution is -1.99. The van der Waals surface area contributed by atoms with Gasteiger partial charge in [-0.1, -0.05) is 5.21 Å². The maximum absolute atomic E-state index is 11.1. The molecule has 0 fully saturated rings. The molecular formula is C15H9N3O2S. The van der Waals surface area contributed by atoms with Gasteiger partial charge in [0.1, 0.15) is 5.52 Å². The lowest BCUT2D eigenvalue weighted by molar-refractivity contribution is 0.0697. The second-order valence-corrected chi connectivity index (χ2v) is 5.60. The summed E-state index contributed by atoms with van der Waals surface area (Å²) < 4.78 is 2.87. The number of fused-ring (bicyclic) bond motifs is 2. The minimum absolute atomic E-state index is 0.225. The number of rotatable bonds is 2. The maximum Gasteiger partial charge on any atom is 0.335 e. The summed E-state index contributed by atoms with van der Waals surface area (Å²) in [5.74, 6) is -0.960. The largest absolute Gasteiger partial charge is 0.478 e. The van der Waals surface area contributed by atoms with Gasteiger partial charge in [0.2, 0.25) is 0 Å². The van der Waals surface area contributed by atoms with Crippen molar-refractivity contribution in [3.63, 3.8) is 0 Å². The van der Waals surface area contributed by atoms with Gasteiger partial charge in [0.25, 0.3) is 0 Å². The molecular weight excluding hydrogens is 286 g/mol. The van der Waals surface area contributed by atoms with Crippen LogP contribution in [0.3, 0.4) is 0 Å². The van der Waals surface area contributed by atoms with E-state index in [-0.39, 0.29) is 5.56 Å². The van der Waals surface area contributed by atoms with Gasteiger partial charge < -0.3 is 5.11 Å². The number of carbonyl (C=O) groups is 1. The highest BCUT2D eigenvalue weighted by Crippen LogP contribution is 2.25. The zero-order chi connectivity index (χ0) is 14.4. The number of hydrogen-bond donors (Lipinski definition) is 1. The molecule has 0 saturated carbocycles. The van der Waals surface area contributed by atoms with E-state index in [0.29, 0.717) is 11.0 Å². The molecule has 0 saturated heterocycles. The Morgan fingerprint density at radius 2 is 2.05 bits per heavy atom. The number of aromatic carboxylic acids is 1. The third-order valence-corrected chi connectivity index (χ3v) is 4.27. The zero-order valence-corrected chi connectivity index (χ0v) is 11.5. The van der Waals surface area contributed by atoms with E-state index in [0.717, 1.165) is 11.1 Å². The lowest BCUT2D eigenvalue weighted by Gasteiger charge is -2.03. The molecule has 21 heavy (non-hydrogen) atoms. The molecule has 0 aliphatic rings. The Balaban J connectivity index is 1.96. The molecule has 4 rings (SSSR count). The number of hydrogen-bond acceptors (Lipinski definition) is 4. The highest BCUT2D eigenvalue weighted by molar-refractivity contribution is 7.17. The second-order valence-electron chi connectivity index (χ2n) is 4.65. The van der Waals surface area contributed by atoms with Crippen molar-refractivity contribution in [1.82, 2.24) is 15.0 Å². The topological polar surface area (TPSA) is 68.0 Å². The van der Waals surface area contributed by atoms with Crippen LogP contribution in [0.25, 0.3) is 26.8 Å². The van der Waals surface area contributed by atoms with Crippen LogP contribution in [-0.2, 0) is 0 Å². The van der Waals surface area contributed by atoms with Gasteiger partial charge in [0.15, 0.2) is 0 Å². The molecule has 2 heterocycles. The molecule has 5 nitrogen and oxygen atoms in total. The molecule has 6 heteroatoms. The van der Waals surface area contributed by atoms with Crippen LogP contribution in [0.4, 0.5) is 0 Å². The van der Waals surface area contributed by atoms with E-state index in [9.17, 15) is 4.79 Å². The van der Waals surface area contributed by atoms with Gasteiger partial charge in [0, 0.05) is 4.70 Å². The van der Waals surface area contributed by atoms with Crippen molar-refractivity contribution < 1.29 is 9.90 Å². The molecule has 4 aromatic rings. The third-order valence-electron chi connectivity index (χ3n) is 3.37. The van der Waals surface area contributed by atoms with Crippen molar-refractivity contribution >= 4 is 38.4 Å². The van der Waals surface area contributed by atoms with Crippen LogP contribution in [0.2, 0.25) is 0 Å². The summed E-state index contributed by atoms with van der Waals surface area (Å²) in [7, 11) is 0. The normalized spacial score (nSPS) is 11.2. The molecule has 0 amide bonds. The highest BCUT2D eigenvalue weighted by Gasteiger charge is 2.11. The Hall–Kier alpha value is -2.73. The molecule has 1 N–H and O–H groups in total. The van der Waals surface area contributed by atoms with E-state index in [1.54, 1.807) is 28.2 Å². The van der Waals surface area contributed by atoms with E-state index >= 15 is 0 Å². The van der Waals surface area contributed by atoms with Crippen molar-refractivity contribution in [3.05, 3.63) is 53.4 Å². The number of carboxylic acid groups (broad SMARTS) is 1. The molecule has 0 aliphatic heterocycles. The quantitative estimate of drug-likeness (QED) is 0.616. The van der Waals surface area contributed by atoms with E-state index in [1.807, 2.05) is 29.6 Å². The summed E-state index contributed by atoms with van der Waals surface area (Å²) in [6, 6.07) is 12.9. The van der Waals surface area contributed by atoms with Crippen LogP contribution < -0.4 is 0 Å². The van der Waals surface area contributed by atoms with Crippen molar-refractivity contribution in [3.8, 4) is 5.69 Å². The Labute approximate surface area is 123 Å². The third kappa shape index (κ3) is 1.88. The van der Waals surface area contributed by atoms with Crippen LogP contribution in [0.1, 0.15) is 10.4 Å². The molecule has 0 spiro atoms. The fraction of sp³-hybridized carbons (Fsp3) is 0. The molecule has 0 bridgehead atoms. The first kappa shape index (κ1) is 12.0. The summed E-state index contributed by atoms with van der Waals surface area (Å²) in [6.07, 6.45) is 0. The molecule has 2 aromatic carbocycles. The first-order valence-corrected chi connectivity index (χ1v) is 7.17. The average Bonchev–Trinajstić information content (AvgIpc) is 3.12. The molecule has 2 aromatic heterocycles. The highest BCUT2D eigenvalue weighted by atomic mass is 32.1. The van der Waals surface area contributed by atoms with E-state index in [2.05, 4.69) is 10.3 Å². The van der Waals surface area contributed by atoms with Gasteiger partial charge >= 0.3 is 5.97 Å². The predicted octanol–water partition coefficient (Wildman–Crippen LogP) is 3.33. The Kier molecular flexibility index (Phi) is 2.52. The minimum atomic E-state index is -0.960. The van der Waals surface area contributed by atoms with Gasteiger partial charge in [-0.2, -0.15) is 0 Å². The van der Waals surface area contributed by atoms with Gasteiger partial charge in [-0.05, 0) is 53.2 Å². The van der Waals surface area contributed by atoms with Gasteiger partial charge in [0.05, 0.1) is 16.8 Å².